The summed E-state index contributed by atoms with van der Waals surface area (Å²) in [4.78, 5) is 12.9. The fourth-order valence-corrected chi connectivity index (χ4v) is 7.50. The number of halogens is 1. The van der Waals surface area contributed by atoms with Crippen LogP contribution in [0.1, 0.15) is 29.7 Å². The van der Waals surface area contributed by atoms with E-state index < -0.39 is 12.2 Å². The zero-order valence-corrected chi connectivity index (χ0v) is 20.0. The summed E-state index contributed by atoms with van der Waals surface area (Å²) in [6.07, 6.45) is 3.06. The van der Waals surface area contributed by atoms with Gasteiger partial charge in [0.1, 0.15) is 29.7 Å². The van der Waals surface area contributed by atoms with Crippen molar-refractivity contribution in [2.45, 2.75) is 36.3 Å². The molecule has 6 N–H and O–H groups in total. The van der Waals surface area contributed by atoms with E-state index in [2.05, 4.69) is 49.1 Å². The molecule has 1 aliphatic carbocycles. The fraction of sp³-hybridized carbons (Fsp3) is 0.348. The summed E-state index contributed by atoms with van der Waals surface area (Å²) in [5.74, 6) is 1.66. The van der Waals surface area contributed by atoms with Crippen LogP contribution >= 0.6 is 27.7 Å². The predicted molar refractivity (Wildman–Crippen MR) is 134 cm³/mol. The molecule has 4 heterocycles. The molecule has 8 nitrogen and oxygen atoms in total. The Hall–Kier alpha value is -2.40. The van der Waals surface area contributed by atoms with Gasteiger partial charge in [-0.2, -0.15) is 11.8 Å². The summed E-state index contributed by atoms with van der Waals surface area (Å²) < 4.78 is 2.73. The van der Waals surface area contributed by atoms with Crippen LogP contribution in [0.4, 0.5) is 11.6 Å². The summed E-state index contributed by atoms with van der Waals surface area (Å²) in [6, 6.07) is 9.84. The number of fused-ring (bicyclic) bond motifs is 2. The van der Waals surface area contributed by atoms with Gasteiger partial charge in [-0.3, -0.25) is 0 Å². The van der Waals surface area contributed by atoms with Crippen LogP contribution in [-0.2, 0) is 0 Å². The lowest BCUT2D eigenvalue weighted by molar-refractivity contribution is -0.0204. The van der Waals surface area contributed by atoms with Crippen LogP contribution in [0.5, 0.6) is 0 Å². The van der Waals surface area contributed by atoms with E-state index in [1.165, 1.54) is 6.33 Å². The molecule has 4 aromatic rings. The van der Waals surface area contributed by atoms with Crippen LogP contribution in [0.3, 0.4) is 0 Å². The molecule has 2 aliphatic rings. The van der Waals surface area contributed by atoms with Gasteiger partial charge in [0.2, 0.25) is 0 Å². The molecule has 2 fully saturated rings. The molecule has 0 unspecified atom stereocenters. The monoisotopic (exact) mass is 526 g/mol. The highest BCUT2D eigenvalue weighted by Crippen LogP contribution is 2.59. The van der Waals surface area contributed by atoms with Crippen LogP contribution in [-0.4, -0.2) is 47.7 Å². The number of aromatic nitrogens is 4. The van der Waals surface area contributed by atoms with E-state index in [0.717, 1.165) is 38.5 Å². The highest BCUT2D eigenvalue weighted by atomic mass is 79.9. The van der Waals surface area contributed by atoms with Gasteiger partial charge in [0, 0.05) is 28.0 Å². The van der Waals surface area contributed by atoms with Crippen molar-refractivity contribution in [1.29, 1.82) is 0 Å². The Morgan fingerprint density at radius 3 is 2.79 bits per heavy atom. The van der Waals surface area contributed by atoms with Crippen molar-refractivity contribution < 1.29 is 10.2 Å². The van der Waals surface area contributed by atoms with Crippen molar-refractivity contribution >= 4 is 61.3 Å². The van der Waals surface area contributed by atoms with Gasteiger partial charge in [-0.1, -0.05) is 12.1 Å². The van der Waals surface area contributed by atoms with Crippen molar-refractivity contribution in [2.75, 3.05) is 17.2 Å². The number of benzene rings is 1. The summed E-state index contributed by atoms with van der Waals surface area (Å²) in [7, 11) is 0. The lowest BCUT2D eigenvalue weighted by Gasteiger charge is -2.27. The number of thioether (sulfide) groups is 1. The van der Waals surface area contributed by atoms with Gasteiger partial charge in [0.15, 0.2) is 0 Å². The minimum absolute atomic E-state index is 0.209. The quantitative estimate of drug-likeness (QED) is 0.311. The first-order chi connectivity index (χ1) is 15.9. The van der Waals surface area contributed by atoms with Crippen LogP contribution < -0.4 is 11.5 Å². The maximum absolute atomic E-state index is 11.2. The van der Waals surface area contributed by atoms with E-state index in [0.29, 0.717) is 23.7 Å². The Kier molecular flexibility index (Phi) is 4.84. The standard InChI is InChI=1S/C23H23BrN6O2S/c24-14-5-11-1-2-12(6-15(11)29-21(14)26)17-8-23(9-33-17)7-16(18(31)19(23)32)30-4-3-13-20(25)27-10-28-22(13)30/h1-6,10,16-19,31-32H,7-9H2,(H2,26,29)(H2,25,27,28)/t16-,17+,18+,19+,23-/m1/s1. The molecule has 0 amide bonds. The minimum atomic E-state index is -0.883. The third-order valence-corrected chi connectivity index (χ3v) is 9.43. The molecule has 170 valence electrons. The molecule has 33 heavy (non-hydrogen) atoms. The first-order valence-electron chi connectivity index (χ1n) is 10.8. The molecule has 3 aromatic heterocycles. The Bertz CT molecular complexity index is 1400. The number of pyridine rings is 1. The molecule has 10 heteroatoms. The first-order valence-corrected chi connectivity index (χ1v) is 12.6. The molecular weight excluding hydrogens is 504 g/mol. The number of aliphatic hydroxyl groups is 2. The van der Waals surface area contributed by atoms with Gasteiger partial charge in [0.05, 0.1) is 27.5 Å². The molecule has 6 rings (SSSR count). The Balaban J connectivity index is 1.30. The Labute approximate surface area is 202 Å². The number of nitrogen functional groups attached to an aromatic ring is 2. The summed E-state index contributed by atoms with van der Waals surface area (Å²) in [6.45, 7) is 0. The van der Waals surface area contributed by atoms with Crippen LogP contribution in [0.2, 0.25) is 0 Å². The Morgan fingerprint density at radius 2 is 1.94 bits per heavy atom. The van der Waals surface area contributed by atoms with Crippen LogP contribution in [0.25, 0.3) is 21.9 Å². The van der Waals surface area contributed by atoms with Gasteiger partial charge < -0.3 is 26.2 Å². The van der Waals surface area contributed by atoms with Crippen LogP contribution in [0.15, 0.2) is 47.3 Å². The predicted octanol–water partition coefficient (Wildman–Crippen LogP) is 3.44. The van der Waals surface area contributed by atoms with Crippen molar-refractivity contribution in [2.24, 2.45) is 5.41 Å². The second-order valence-corrected chi connectivity index (χ2v) is 11.1. The molecule has 0 radical (unpaired) electrons. The summed E-state index contributed by atoms with van der Waals surface area (Å²) >= 11 is 5.26. The van der Waals surface area contributed by atoms with E-state index in [-0.39, 0.29) is 16.7 Å². The van der Waals surface area contributed by atoms with Crippen molar-refractivity contribution in [3.63, 3.8) is 0 Å². The van der Waals surface area contributed by atoms with Crippen molar-refractivity contribution in [3.8, 4) is 0 Å². The first kappa shape index (κ1) is 21.2. The van der Waals surface area contributed by atoms with Crippen molar-refractivity contribution in [1.82, 2.24) is 19.5 Å². The average Bonchev–Trinajstić information content (AvgIpc) is 3.48. The number of hydrogen-bond acceptors (Lipinski definition) is 8. The topological polar surface area (TPSA) is 136 Å². The molecule has 0 bridgehead atoms. The number of hydrogen-bond donors (Lipinski definition) is 4. The molecule has 1 aliphatic heterocycles. The zero-order chi connectivity index (χ0) is 22.9. The molecule has 1 saturated heterocycles. The van der Waals surface area contributed by atoms with Gasteiger partial charge in [0.25, 0.3) is 0 Å². The maximum Gasteiger partial charge on any atom is 0.145 e. The lowest BCUT2D eigenvalue weighted by Crippen LogP contribution is -2.36. The maximum atomic E-state index is 11.2. The summed E-state index contributed by atoms with van der Waals surface area (Å²) in [5.41, 5.74) is 14.3. The third-order valence-electron chi connectivity index (χ3n) is 7.22. The SMILES string of the molecule is Nc1nc2cc([C@@H]3C[C@@]4(CS3)C[C@@H](n3ccc5c(N)ncnc53)[C@H](O)[C@@H]4O)ccc2cc1Br. The largest absolute Gasteiger partial charge is 0.390 e. The number of anilines is 2. The second kappa shape index (κ2) is 7.56. The van der Waals surface area contributed by atoms with E-state index in [9.17, 15) is 10.2 Å². The molecule has 5 atom stereocenters. The molecular formula is C23H23BrN6O2S. The normalized spacial score (nSPS) is 29.5. The molecule has 1 spiro atoms. The smallest absolute Gasteiger partial charge is 0.145 e. The number of aliphatic hydroxyl groups excluding tert-OH is 2. The van der Waals surface area contributed by atoms with Gasteiger partial charge in [-0.15, -0.1) is 0 Å². The van der Waals surface area contributed by atoms with Gasteiger partial charge in [-0.25, -0.2) is 15.0 Å². The number of rotatable bonds is 2. The highest BCUT2D eigenvalue weighted by Gasteiger charge is 2.56. The lowest BCUT2D eigenvalue weighted by atomic mass is 9.80. The van der Waals surface area contributed by atoms with Gasteiger partial charge >= 0.3 is 0 Å². The van der Waals surface area contributed by atoms with Crippen LogP contribution in [0, 0.1) is 5.41 Å². The molecule has 1 saturated carbocycles. The second-order valence-electron chi connectivity index (χ2n) is 9.10. The van der Waals surface area contributed by atoms with E-state index in [1.807, 2.05) is 34.7 Å². The van der Waals surface area contributed by atoms with E-state index in [1.54, 1.807) is 0 Å². The van der Waals surface area contributed by atoms with E-state index >= 15 is 0 Å². The third kappa shape index (κ3) is 3.23. The fourth-order valence-electron chi connectivity index (χ4n) is 5.44. The zero-order valence-electron chi connectivity index (χ0n) is 17.6. The van der Waals surface area contributed by atoms with E-state index in [4.69, 9.17) is 11.5 Å². The summed E-state index contributed by atoms with van der Waals surface area (Å²) in [5, 5.41) is 24.2. The molecule has 1 aromatic carbocycles. The Morgan fingerprint density at radius 1 is 1.09 bits per heavy atom. The number of nitrogens with two attached hydrogens (primary N) is 2. The minimum Gasteiger partial charge on any atom is -0.390 e. The highest BCUT2D eigenvalue weighted by molar-refractivity contribution is 9.10. The number of nitrogens with zero attached hydrogens (tertiary/aromatic N) is 4. The van der Waals surface area contributed by atoms with Crippen molar-refractivity contribution in [3.05, 3.63) is 52.9 Å². The van der Waals surface area contributed by atoms with Gasteiger partial charge in [-0.05, 0) is 52.5 Å². The average molecular weight is 527 g/mol.